The second-order valence-electron chi connectivity index (χ2n) is 6.24. The molecule has 0 bridgehead atoms. The number of amides is 1. The fraction of sp³-hybridized carbons (Fsp3) is 0.867. The van der Waals surface area contributed by atoms with E-state index in [2.05, 4.69) is 5.32 Å². The topological polar surface area (TPSA) is 69.6 Å². The van der Waals surface area contributed by atoms with Crippen molar-refractivity contribution in [3.05, 3.63) is 0 Å². The molecule has 5 nitrogen and oxygen atoms in total. The highest BCUT2D eigenvalue weighted by Gasteiger charge is 2.33. The van der Waals surface area contributed by atoms with E-state index in [4.69, 9.17) is 5.11 Å². The summed E-state index contributed by atoms with van der Waals surface area (Å²) in [6.45, 7) is 3.85. The van der Waals surface area contributed by atoms with Crippen molar-refractivity contribution in [2.45, 2.75) is 51.5 Å². The maximum atomic E-state index is 12.1. The zero-order chi connectivity index (χ0) is 14.5. The maximum absolute atomic E-state index is 12.1. The van der Waals surface area contributed by atoms with Crippen LogP contribution in [-0.2, 0) is 9.59 Å². The Labute approximate surface area is 132 Å². The molecule has 2 atom stereocenters. The van der Waals surface area contributed by atoms with Crippen LogP contribution < -0.4 is 5.32 Å². The molecule has 2 aliphatic rings. The van der Waals surface area contributed by atoms with Crippen LogP contribution in [0.3, 0.4) is 0 Å². The number of halogens is 1. The highest BCUT2D eigenvalue weighted by molar-refractivity contribution is 5.85. The molecular weight excluding hydrogens is 292 g/mol. The smallest absolute Gasteiger partial charge is 0.307 e. The highest BCUT2D eigenvalue weighted by atomic mass is 35.5. The first-order chi connectivity index (χ1) is 9.58. The van der Waals surface area contributed by atoms with Crippen LogP contribution in [0.4, 0.5) is 0 Å². The molecular formula is C15H27ClN2O3. The second kappa shape index (κ2) is 8.59. The Morgan fingerprint density at radius 3 is 2.48 bits per heavy atom. The number of hydrogen-bond acceptors (Lipinski definition) is 3. The Morgan fingerprint density at radius 1 is 1.24 bits per heavy atom. The summed E-state index contributed by atoms with van der Waals surface area (Å²) in [7, 11) is 0. The predicted octanol–water partition coefficient (Wildman–Crippen LogP) is 1.90. The van der Waals surface area contributed by atoms with Crippen LogP contribution in [0.25, 0.3) is 0 Å². The molecule has 1 aliphatic carbocycles. The first kappa shape index (κ1) is 18.2. The molecule has 0 radical (unpaired) electrons. The highest BCUT2D eigenvalue weighted by Crippen LogP contribution is 2.23. The lowest BCUT2D eigenvalue weighted by Gasteiger charge is -2.26. The van der Waals surface area contributed by atoms with Gasteiger partial charge in [-0.1, -0.05) is 19.3 Å². The van der Waals surface area contributed by atoms with Gasteiger partial charge in [0.1, 0.15) is 0 Å². The number of nitrogens with one attached hydrogen (secondary N) is 1. The maximum Gasteiger partial charge on any atom is 0.307 e. The van der Waals surface area contributed by atoms with Crippen molar-refractivity contribution >= 4 is 24.3 Å². The fourth-order valence-electron chi connectivity index (χ4n) is 3.29. The number of carboxylic acid groups (broad SMARTS) is 1. The van der Waals surface area contributed by atoms with Crippen LogP contribution in [0.15, 0.2) is 0 Å². The summed E-state index contributed by atoms with van der Waals surface area (Å²) in [5.74, 6) is -0.391. The van der Waals surface area contributed by atoms with E-state index in [9.17, 15) is 9.59 Å². The van der Waals surface area contributed by atoms with Gasteiger partial charge < -0.3 is 10.4 Å². The van der Waals surface area contributed by atoms with Gasteiger partial charge in [-0.15, -0.1) is 12.4 Å². The van der Waals surface area contributed by atoms with E-state index >= 15 is 0 Å². The van der Waals surface area contributed by atoms with Crippen molar-refractivity contribution < 1.29 is 14.7 Å². The lowest BCUT2D eigenvalue weighted by molar-refractivity contribution is -0.141. The Bertz CT molecular complexity index is 359. The summed E-state index contributed by atoms with van der Waals surface area (Å²) in [6, 6.07) is -0.219. The normalized spacial score (nSPS) is 25.1. The third kappa shape index (κ3) is 5.15. The minimum Gasteiger partial charge on any atom is -0.481 e. The van der Waals surface area contributed by atoms with E-state index < -0.39 is 5.97 Å². The molecule has 1 heterocycles. The molecule has 122 valence electrons. The molecule has 0 aromatic rings. The lowest BCUT2D eigenvalue weighted by atomic mass is 9.89. The van der Waals surface area contributed by atoms with Crippen LogP contribution in [0.5, 0.6) is 0 Å². The largest absolute Gasteiger partial charge is 0.481 e. The number of likely N-dealkylation sites (tertiary alicyclic amines) is 1. The van der Waals surface area contributed by atoms with Gasteiger partial charge in [-0.2, -0.15) is 0 Å². The zero-order valence-corrected chi connectivity index (χ0v) is 13.5. The minimum atomic E-state index is -0.748. The minimum absolute atomic E-state index is 0. The number of carboxylic acids is 1. The fourth-order valence-corrected chi connectivity index (χ4v) is 3.29. The van der Waals surface area contributed by atoms with Crippen LogP contribution in [0.2, 0.25) is 0 Å². The second-order valence-corrected chi connectivity index (χ2v) is 6.24. The van der Waals surface area contributed by atoms with Crippen molar-refractivity contribution in [2.24, 2.45) is 11.8 Å². The van der Waals surface area contributed by atoms with Gasteiger partial charge in [-0.3, -0.25) is 14.5 Å². The number of hydrogen-bond donors (Lipinski definition) is 2. The Balaban J connectivity index is 0.00000220. The lowest BCUT2D eigenvalue weighted by Crippen LogP contribution is -2.45. The van der Waals surface area contributed by atoms with Gasteiger partial charge in [0.25, 0.3) is 0 Å². The SMILES string of the molecule is CC(C(=O)NCC1CCCCC1)N1CCC(C(=O)O)C1.Cl. The Hall–Kier alpha value is -0.810. The molecule has 2 N–H and O–H groups in total. The van der Waals surface area contributed by atoms with E-state index in [-0.39, 0.29) is 30.3 Å². The third-order valence-electron chi connectivity index (χ3n) is 4.79. The zero-order valence-electron chi connectivity index (χ0n) is 12.7. The van der Waals surface area contributed by atoms with E-state index in [0.717, 1.165) is 6.54 Å². The van der Waals surface area contributed by atoms with E-state index in [0.29, 0.717) is 25.4 Å². The molecule has 2 rings (SSSR count). The van der Waals surface area contributed by atoms with E-state index in [1.54, 1.807) is 0 Å². The Morgan fingerprint density at radius 2 is 1.90 bits per heavy atom. The van der Waals surface area contributed by atoms with Crippen LogP contribution >= 0.6 is 12.4 Å². The summed E-state index contributed by atoms with van der Waals surface area (Å²) in [5.41, 5.74) is 0. The first-order valence-electron chi connectivity index (χ1n) is 7.82. The summed E-state index contributed by atoms with van der Waals surface area (Å²) in [5, 5.41) is 12.0. The number of rotatable bonds is 5. The molecule has 1 amide bonds. The van der Waals surface area contributed by atoms with Gasteiger partial charge in [0.15, 0.2) is 0 Å². The summed E-state index contributed by atoms with van der Waals surface area (Å²) < 4.78 is 0. The average molecular weight is 319 g/mol. The van der Waals surface area contributed by atoms with Crippen LogP contribution in [-0.4, -0.2) is 47.6 Å². The molecule has 0 aromatic heterocycles. The monoisotopic (exact) mass is 318 g/mol. The van der Waals surface area contributed by atoms with Gasteiger partial charge in [0, 0.05) is 13.1 Å². The molecule has 2 unspecified atom stereocenters. The molecule has 6 heteroatoms. The summed E-state index contributed by atoms with van der Waals surface area (Å²) >= 11 is 0. The van der Waals surface area contributed by atoms with Crippen LogP contribution in [0, 0.1) is 11.8 Å². The van der Waals surface area contributed by atoms with Crippen molar-refractivity contribution in [1.29, 1.82) is 0 Å². The predicted molar refractivity (Wildman–Crippen MR) is 83.6 cm³/mol. The molecule has 1 aliphatic heterocycles. The van der Waals surface area contributed by atoms with Crippen LogP contribution in [0.1, 0.15) is 45.4 Å². The van der Waals surface area contributed by atoms with Gasteiger partial charge in [-0.05, 0) is 38.6 Å². The summed E-state index contributed by atoms with van der Waals surface area (Å²) in [6.07, 6.45) is 6.98. The number of carbonyl (C=O) groups excluding carboxylic acids is 1. The quantitative estimate of drug-likeness (QED) is 0.812. The van der Waals surface area contributed by atoms with Gasteiger partial charge in [0.2, 0.25) is 5.91 Å². The molecule has 0 aromatic carbocycles. The van der Waals surface area contributed by atoms with Crippen molar-refractivity contribution in [3.8, 4) is 0 Å². The standard InChI is InChI=1S/C15H26N2O3.ClH/c1-11(17-8-7-13(10-17)15(19)20)14(18)16-9-12-5-3-2-4-6-12;/h11-13H,2-10H2,1H3,(H,16,18)(H,19,20);1H. The van der Waals surface area contributed by atoms with E-state index in [1.165, 1.54) is 32.1 Å². The Kier molecular flexibility index (Phi) is 7.46. The van der Waals surface area contributed by atoms with Gasteiger partial charge >= 0.3 is 5.97 Å². The number of aliphatic carboxylic acids is 1. The van der Waals surface area contributed by atoms with Crippen molar-refractivity contribution in [1.82, 2.24) is 10.2 Å². The average Bonchev–Trinajstić information content (AvgIpc) is 2.95. The number of carbonyl (C=O) groups is 2. The number of nitrogens with zero attached hydrogens (tertiary/aromatic N) is 1. The van der Waals surface area contributed by atoms with E-state index in [1.807, 2.05) is 11.8 Å². The van der Waals surface area contributed by atoms with Gasteiger partial charge in [-0.25, -0.2) is 0 Å². The molecule has 1 saturated heterocycles. The molecule has 1 saturated carbocycles. The van der Waals surface area contributed by atoms with Crippen molar-refractivity contribution in [3.63, 3.8) is 0 Å². The summed E-state index contributed by atoms with van der Waals surface area (Å²) in [4.78, 5) is 25.1. The van der Waals surface area contributed by atoms with Gasteiger partial charge in [0.05, 0.1) is 12.0 Å². The molecule has 2 fully saturated rings. The molecule has 0 spiro atoms. The van der Waals surface area contributed by atoms with Crippen molar-refractivity contribution in [2.75, 3.05) is 19.6 Å². The third-order valence-corrected chi connectivity index (χ3v) is 4.79. The first-order valence-corrected chi connectivity index (χ1v) is 7.82. The molecule has 21 heavy (non-hydrogen) atoms.